The van der Waals surface area contributed by atoms with Crippen LogP contribution >= 0.6 is 11.8 Å². The van der Waals surface area contributed by atoms with E-state index in [1.54, 1.807) is 21.1 Å². The van der Waals surface area contributed by atoms with Crippen molar-refractivity contribution in [2.45, 2.75) is 24.3 Å². The molecule has 0 atom stereocenters. The second-order valence-electron chi connectivity index (χ2n) is 3.88. The van der Waals surface area contributed by atoms with Crippen molar-refractivity contribution in [2.24, 2.45) is 7.05 Å². The first-order valence-electron chi connectivity index (χ1n) is 4.89. The lowest BCUT2D eigenvalue weighted by molar-refractivity contribution is 0.214. The van der Waals surface area contributed by atoms with Crippen molar-refractivity contribution in [3.05, 3.63) is 10.5 Å². The van der Waals surface area contributed by atoms with Gasteiger partial charge in [0.25, 0.3) is 0 Å². The molecule has 1 aromatic heterocycles. The molecule has 0 unspecified atom stereocenters. The van der Waals surface area contributed by atoms with Gasteiger partial charge in [-0.05, 0) is 0 Å². The molecular weight excluding hydrogens is 228 g/mol. The Kier molecular flexibility index (Phi) is 3.79. The summed E-state index contributed by atoms with van der Waals surface area (Å²) in [6.45, 7) is 4.00. The molecule has 0 aliphatic carbocycles. The molecule has 0 aromatic carbocycles. The minimum atomic E-state index is -0.434. The van der Waals surface area contributed by atoms with Crippen molar-refractivity contribution in [2.75, 3.05) is 14.1 Å². The van der Waals surface area contributed by atoms with Crippen molar-refractivity contribution >= 4 is 17.8 Å². The van der Waals surface area contributed by atoms with Gasteiger partial charge in [-0.15, -0.1) is 9.78 Å². The topological polar surface area (TPSA) is 60.1 Å². The highest BCUT2D eigenvalue weighted by Gasteiger charge is 2.18. The molecule has 0 aliphatic heterocycles. The van der Waals surface area contributed by atoms with E-state index in [-0.39, 0.29) is 0 Å². The van der Waals surface area contributed by atoms with E-state index in [0.717, 1.165) is 4.68 Å². The van der Waals surface area contributed by atoms with Crippen molar-refractivity contribution in [1.82, 2.24) is 19.2 Å². The maximum atomic E-state index is 11.7. The van der Waals surface area contributed by atoms with Crippen LogP contribution in [-0.4, -0.2) is 44.6 Å². The molecular formula is C9H16N4O2S. The smallest absolute Gasteiger partial charge is 0.329 e. The Morgan fingerprint density at radius 1 is 1.44 bits per heavy atom. The summed E-state index contributed by atoms with van der Waals surface area (Å²) in [5.74, 6) is 0. The number of rotatable bonds is 2. The number of aromatic nitrogens is 3. The molecule has 0 radical (unpaired) electrons. The molecule has 1 aromatic rings. The van der Waals surface area contributed by atoms with Crippen LogP contribution in [0.5, 0.6) is 0 Å². The first-order valence-corrected chi connectivity index (χ1v) is 5.77. The van der Waals surface area contributed by atoms with Crippen molar-refractivity contribution < 1.29 is 4.79 Å². The van der Waals surface area contributed by atoms with Gasteiger partial charge >= 0.3 is 11.7 Å². The first-order chi connectivity index (χ1) is 7.34. The van der Waals surface area contributed by atoms with Crippen LogP contribution in [-0.2, 0) is 7.05 Å². The average Bonchev–Trinajstić information content (AvgIpc) is 2.44. The fourth-order valence-corrected chi connectivity index (χ4v) is 1.83. The Morgan fingerprint density at radius 3 is 2.44 bits per heavy atom. The van der Waals surface area contributed by atoms with Gasteiger partial charge in [0.2, 0.25) is 0 Å². The first kappa shape index (κ1) is 12.8. The SMILES string of the molecule is CC(C)Sc1nn(C(=O)N(C)C)c(=O)n1C. The highest BCUT2D eigenvalue weighted by molar-refractivity contribution is 7.99. The molecule has 0 saturated carbocycles. The lowest BCUT2D eigenvalue weighted by Crippen LogP contribution is -2.36. The number of nitrogens with zero attached hydrogens (tertiary/aromatic N) is 4. The second-order valence-corrected chi connectivity index (χ2v) is 5.42. The maximum absolute atomic E-state index is 11.7. The summed E-state index contributed by atoms with van der Waals surface area (Å²) in [6, 6.07) is -0.434. The fraction of sp³-hybridized carbons (Fsp3) is 0.667. The van der Waals surface area contributed by atoms with Crippen LogP contribution in [0.25, 0.3) is 0 Å². The largest absolute Gasteiger partial charge is 0.355 e. The summed E-state index contributed by atoms with van der Waals surface area (Å²) >= 11 is 1.45. The minimum absolute atomic E-state index is 0.309. The van der Waals surface area contributed by atoms with Crippen LogP contribution in [0.3, 0.4) is 0 Å². The van der Waals surface area contributed by atoms with E-state index in [1.165, 1.54) is 21.2 Å². The molecule has 0 saturated heterocycles. The molecule has 1 amide bonds. The molecule has 0 N–H and O–H groups in total. The molecule has 7 heteroatoms. The summed E-state index contributed by atoms with van der Waals surface area (Å²) in [6.07, 6.45) is 0. The van der Waals surface area contributed by atoms with Gasteiger partial charge in [-0.3, -0.25) is 4.57 Å². The molecule has 16 heavy (non-hydrogen) atoms. The molecule has 6 nitrogen and oxygen atoms in total. The number of carbonyl (C=O) groups excluding carboxylic acids is 1. The standard InChI is InChI=1S/C9H16N4O2S/c1-6(2)16-7-10-13(8(14)11(3)4)9(15)12(7)5/h6H,1-5H3. The molecule has 0 aliphatic rings. The van der Waals surface area contributed by atoms with E-state index < -0.39 is 11.7 Å². The molecule has 1 heterocycles. The van der Waals surface area contributed by atoms with Crippen LogP contribution < -0.4 is 5.69 Å². The summed E-state index contributed by atoms with van der Waals surface area (Å²) in [5, 5.41) is 4.87. The highest BCUT2D eigenvalue weighted by Crippen LogP contribution is 2.18. The maximum Gasteiger partial charge on any atom is 0.355 e. The van der Waals surface area contributed by atoms with E-state index in [2.05, 4.69) is 5.10 Å². The van der Waals surface area contributed by atoms with E-state index in [4.69, 9.17) is 0 Å². The third kappa shape index (κ3) is 2.46. The van der Waals surface area contributed by atoms with Crippen molar-refractivity contribution in [3.63, 3.8) is 0 Å². The van der Waals surface area contributed by atoms with Crippen LogP contribution in [0.1, 0.15) is 13.8 Å². The molecule has 1 rings (SSSR count). The second kappa shape index (κ2) is 4.73. The normalized spacial score (nSPS) is 10.9. The third-order valence-corrected chi connectivity index (χ3v) is 2.88. The predicted molar refractivity (Wildman–Crippen MR) is 62.9 cm³/mol. The van der Waals surface area contributed by atoms with E-state index >= 15 is 0 Å². The Labute approximate surface area is 98.2 Å². The zero-order valence-corrected chi connectivity index (χ0v) is 10.9. The summed E-state index contributed by atoms with van der Waals surface area (Å²) in [7, 11) is 4.77. The molecule has 0 spiro atoms. The van der Waals surface area contributed by atoms with Gasteiger partial charge in [0, 0.05) is 26.4 Å². The summed E-state index contributed by atoms with van der Waals surface area (Å²) in [5.41, 5.74) is -0.415. The monoisotopic (exact) mass is 244 g/mol. The molecule has 0 bridgehead atoms. The van der Waals surface area contributed by atoms with Crippen molar-refractivity contribution in [3.8, 4) is 0 Å². The molecule has 0 fully saturated rings. The lowest BCUT2D eigenvalue weighted by Gasteiger charge is -2.07. The Morgan fingerprint density at radius 2 is 2.00 bits per heavy atom. The van der Waals surface area contributed by atoms with Gasteiger partial charge in [0.05, 0.1) is 0 Å². The van der Waals surface area contributed by atoms with E-state index in [1.807, 2.05) is 13.8 Å². The Balaban J connectivity index is 3.15. The molecule has 90 valence electrons. The van der Waals surface area contributed by atoms with Gasteiger partial charge in [0.1, 0.15) is 0 Å². The number of hydrogen-bond acceptors (Lipinski definition) is 4. The van der Waals surface area contributed by atoms with E-state index in [9.17, 15) is 9.59 Å². The predicted octanol–water partition coefficient (Wildman–Crippen LogP) is 0.612. The fourth-order valence-electron chi connectivity index (χ4n) is 1.05. The van der Waals surface area contributed by atoms with Gasteiger partial charge in [-0.1, -0.05) is 25.6 Å². The number of amides is 1. The lowest BCUT2D eigenvalue weighted by atomic mass is 10.6. The van der Waals surface area contributed by atoms with Gasteiger partial charge in [-0.2, -0.15) is 0 Å². The summed E-state index contributed by atoms with van der Waals surface area (Å²) in [4.78, 5) is 24.7. The third-order valence-electron chi connectivity index (χ3n) is 1.85. The zero-order chi connectivity index (χ0) is 12.5. The van der Waals surface area contributed by atoms with Crippen LogP contribution in [0, 0.1) is 0 Å². The minimum Gasteiger partial charge on any atom is -0.329 e. The van der Waals surface area contributed by atoms with Crippen LogP contribution in [0.15, 0.2) is 9.95 Å². The van der Waals surface area contributed by atoms with Gasteiger partial charge < -0.3 is 4.90 Å². The van der Waals surface area contributed by atoms with Gasteiger partial charge in [-0.25, -0.2) is 9.59 Å². The van der Waals surface area contributed by atoms with Crippen LogP contribution in [0.2, 0.25) is 0 Å². The van der Waals surface area contributed by atoms with Crippen molar-refractivity contribution in [1.29, 1.82) is 0 Å². The Bertz CT molecular complexity index is 447. The number of thioether (sulfide) groups is 1. The number of carbonyl (C=O) groups is 1. The zero-order valence-electron chi connectivity index (χ0n) is 10.1. The van der Waals surface area contributed by atoms with Gasteiger partial charge in [0.15, 0.2) is 5.16 Å². The average molecular weight is 244 g/mol. The van der Waals surface area contributed by atoms with E-state index in [0.29, 0.717) is 10.4 Å². The highest BCUT2D eigenvalue weighted by atomic mass is 32.2. The Hall–Kier alpha value is -1.24. The quantitative estimate of drug-likeness (QED) is 0.715. The number of hydrogen-bond donors (Lipinski definition) is 0. The summed E-state index contributed by atoms with van der Waals surface area (Å²) < 4.78 is 2.26. The van der Waals surface area contributed by atoms with Crippen LogP contribution in [0.4, 0.5) is 4.79 Å².